The van der Waals surface area contributed by atoms with Gasteiger partial charge >= 0.3 is 0 Å². The molecule has 7 heteroatoms. The lowest BCUT2D eigenvalue weighted by Gasteiger charge is -2.34. The van der Waals surface area contributed by atoms with E-state index in [-0.39, 0.29) is 5.91 Å². The highest BCUT2D eigenvalue weighted by Gasteiger charge is 2.28. The Morgan fingerprint density at radius 1 is 1.00 bits per heavy atom. The molecular weight excluding hydrogens is 362 g/mol. The number of nitrogens with zero attached hydrogens (tertiary/aromatic N) is 2. The van der Waals surface area contributed by atoms with Gasteiger partial charge in [0.25, 0.3) is 5.91 Å². The van der Waals surface area contributed by atoms with E-state index in [1.54, 1.807) is 34.6 Å². The Morgan fingerprint density at radius 2 is 1.70 bits per heavy atom. The molecule has 1 fully saturated rings. The number of hydrogen-bond donors (Lipinski definition) is 1. The van der Waals surface area contributed by atoms with E-state index in [0.29, 0.717) is 49.7 Å². The summed E-state index contributed by atoms with van der Waals surface area (Å²) < 4.78 is 26.9. The molecule has 0 saturated carbocycles. The first-order valence-corrected chi connectivity index (χ1v) is 10.6. The van der Waals surface area contributed by atoms with Gasteiger partial charge in [0.2, 0.25) is 10.0 Å². The summed E-state index contributed by atoms with van der Waals surface area (Å²) in [5.74, 6) is -0.0712. The summed E-state index contributed by atoms with van der Waals surface area (Å²) in [6.07, 6.45) is 0. The molecule has 2 aromatic rings. The molecule has 1 saturated heterocycles. The van der Waals surface area contributed by atoms with Gasteiger partial charge in [0.05, 0.1) is 4.90 Å². The summed E-state index contributed by atoms with van der Waals surface area (Å²) in [5.41, 5.74) is 1.71. The van der Waals surface area contributed by atoms with Crippen LogP contribution in [0.2, 0.25) is 0 Å². The zero-order valence-corrected chi connectivity index (χ0v) is 16.3. The van der Waals surface area contributed by atoms with Crippen molar-refractivity contribution in [2.24, 2.45) is 0 Å². The largest absolute Gasteiger partial charge is 0.352 e. The number of sulfonamides is 1. The zero-order valence-electron chi connectivity index (χ0n) is 15.5. The van der Waals surface area contributed by atoms with Crippen molar-refractivity contribution in [3.05, 3.63) is 65.7 Å². The van der Waals surface area contributed by atoms with Crippen molar-refractivity contribution in [1.29, 1.82) is 0 Å². The monoisotopic (exact) mass is 387 g/mol. The Morgan fingerprint density at radius 3 is 2.37 bits per heavy atom. The van der Waals surface area contributed by atoms with Crippen molar-refractivity contribution in [2.45, 2.75) is 18.4 Å². The van der Waals surface area contributed by atoms with Crippen LogP contribution in [0.1, 0.15) is 22.8 Å². The summed E-state index contributed by atoms with van der Waals surface area (Å²) in [7, 11) is -3.43. The third-order valence-electron chi connectivity index (χ3n) is 4.64. The number of hydrogen-bond acceptors (Lipinski definition) is 4. The highest BCUT2D eigenvalue weighted by Crippen LogP contribution is 2.18. The van der Waals surface area contributed by atoms with Gasteiger partial charge in [-0.05, 0) is 36.8 Å². The molecule has 1 aliphatic heterocycles. The summed E-state index contributed by atoms with van der Waals surface area (Å²) in [6.45, 7) is 5.45. The molecule has 3 rings (SSSR count). The van der Waals surface area contributed by atoms with E-state index >= 15 is 0 Å². The Kier molecular flexibility index (Phi) is 6.26. The van der Waals surface area contributed by atoms with E-state index in [4.69, 9.17) is 0 Å². The van der Waals surface area contributed by atoms with Gasteiger partial charge < -0.3 is 5.32 Å². The first-order chi connectivity index (χ1) is 13.0. The third-order valence-corrected chi connectivity index (χ3v) is 6.56. The van der Waals surface area contributed by atoms with E-state index in [1.807, 2.05) is 31.2 Å². The lowest BCUT2D eigenvalue weighted by atomic mass is 10.1. The van der Waals surface area contributed by atoms with Crippen LogP contribution in [0.5, 0.6) is 0 Å². The maximum absolute atomic E-state index is 12.7. The van der Waals surface area contributed by atoms with Crippen LogP contribution < -0.4 is 5.32 Å². The molecule has 1 heterocycles. The number of nitrogens with one attached hydrogen (secondary N) is 1. The minimum absolute atomic E-state index is 0.0712. The second-order valence-electron chi connectivity index (χ2n) is 6.55. The van der Waals surface area contributed by atoms with Crippen LogP contribution in [-0.2, 0) is 16.6 Å². The van der Waals surface area contributed by atoms with Crippen molar-refractivity contribution >= 4 is 15.9 Å². The predicted molar refractivity (Wildman–Crippen MR) is 105 cm³/mol. The fraction of sp³-hybridized carbons (Fsp3) is 0.350. The van der Waals surface area contributed by atoms with Crippen molar-refractivity contribution in [3.8, 4) is 0 Å². The van der Waals surface area contributed by atoms with Gasteiger partial charge in [-0.1, -0.05) is 30.3 Å². The van der Waals surface area contributed by atoms with Crippen LogP contribution in [0, 0.1) is 0 Å². The van der Waals surface area contributed by atoms with Crippen LogP contribution in [0.4, 0.5) is 0 Å². The van der Waals surface area contributed by atoms with E-state index in [0.717, 1.165) is 5.56 Å². The second-order valence-corrected chi connectivity index (χ2v) is 8.49. The number of amides is 1. The summed E-state index contributed by atoms with van der Waals surface area (Å²) in [5, 5.41) is 2.80. The topological polar surface area (TPSA) is 69.7 Å². The highest BCUT2D eigenvalue weighted by atomic mass is 32.2. The summed E-state index contributed by atoms with van der Waals surface area (Å²) >= 11 is 0. The van der Waals surface area contributed by atoms with Crippen LogP contribution in [0.25, 0.3) is 0 Å². The number of carbonyl (C=O) groups is 1. The summed E-state index contributed by atoms with van der Waals surface area (Å²) in [6, 6.07) is 16.1. The van der Waals surface area contributed by atoms with Gasteiger partial charge in [-0.15, -0.1) is 0 Å². The predicted octanol–water partition coefficient (Wildman–Crippen LogP) is 1.94. The molecule has 1 aliphatic rings. The smallest absolute Gasteiger partial charge is 0.251 e. The SMILES string of the molecule is CCNC(=O)c1cccc(CN2CCN(S(=O)(=O)c3ccccc3)CC2)c1. The van der Waals surface area contributed by atoms with Crippen LogP contribution in [0.3, 0.4) is 0 Å². The van der Waals surface area contributed by atoms with Crippen molar-refractivity contribution in [1.82, 2.24) is 14.5 Å². The van der Waals surface area contributed by atoms with Gasteiger partial charge in [0, 0.05) is 44.8 Å². The van der Waals surface area contributed by atoms with Crippen molar-refractivity contribution in [2.75, 3.05) is 32.7 Å². The maximum atomic E-state index is 12.7. The Bertz CT molecular complexity index is 876. The third kappa shape index (κ3) is 4.74. The lowest BCUT2D eigenvalue weighted by molar-refractivity contribution is 0.0955. The molecule has 0 bridgehead atoms. The normalized spacial score (nSPS) is 16.2. The minimum Gasteiger partial charge on any atom is -0.352 e. The molecule has 144 valence electrons. The average Bonchev–Trinajstić information content (AvgIpc) is 2.69. The van der Waals surface area contributed by atoms with Crippen molar-refractivity contribution < 1.29 is 13.2 Å². The molecule has 0 aliphatic carbocycles. The standard InChI is InChI=1S/C20H25N3O3S/c1-2-21-20(24)18-8-6-7-17(15-18)16-22-11-13-23(14-12-22)27(25,26)19-9-4-3-5-10-19/h3-10,15H,2,11-14,16H2,1H3,(H,21,24). The molecule has 0 aromatic heterocycles. The molecule has 2 aromatic carbocycles. The average molecular weight is 388 g/mol. The molecule has 27 heavy (non-hydrogen) atoms. The van der Waals surface area contributed by atoms with Gasteiger partial charge in [0.1, 0.15) is 0 Å². The Hall–Kier alpha value is -2.22. The maximum Gasteiger partial charge on any atom is 0.251 e. The molecule has 1 amide bonds. The molecular formula is C20H25N3O3S. The number of carbonyl (C=O) groups excluding carboxylic acids is 1. The fourth-order valence-electron chi connectivity index (χ4n) is 3.20. The fourth-order valence-corrected chi connectivity index (χ4v) is 4.64. The number of rotatable bonds is 6. The molecule has 6 nitrogen and oxygen atoms in total. The first-order valence-electron chi connectivity index (χ1n) is 9.15. The van der Waals surface area contributed by atoms with Crippen molar-refractivity contribution in [3.63, 3.8) is 0 Å². The van der Waals surface area contributed by atoms with Crippen LogP contribution >= 0.6 is 0 Å². The van der Waals surface area contributed by atoms with E-state index in [9.17, 15) is 13.2 Å². The number of piperazine rings is 1. The van der Waals surface area contributed by atoms with Crippen LogP contribution in [-0.4, -0.2) is 56.3 Å². The zero-order chi connectivity index (χ0) is 19.3. The van der Waals surface area contributed by atoms with Gasteiger partial charge in [0.15, 0.2) is 0 Å². The van der Waals surface area contributed by atoms with Crippen LogP contribution in [0.15, 0.2) is 59.5 Å². The van der Waals surface area contributed by atoms with Gasteiger partial charge in [-0.2, -0.15) is 4.31 Å². The van der Waals surface area contributed by atoms with E-state index in [1.165, 1.54) is 0 Å². The Labute approximate surface area is 160 Å². The molecule has 0 unspecified atom stereocenters. The van der Waals surface area contributed by atoms with E-state index in [2.05, 4.69) is 10.2 Å². The molecule has 1 N–H and O–H groups in total. The lowest BCUT2D eigenvalue weighted by Crippen LogP contribution is -2.48. The number of benzene rings is 2. The highest BCUT2D eigenvalue weighted by molar-refractivity contribution is 7.89. The molecule has 0 spiro atoms. The molecule has 0 radical (unpaired) electrons. The molecule has 0 atom stereocenters. The Balaban J connectivity index is 1.60. The first kappa shape index (κ1) is 19.5. The van der Waals surface area contributed by atoms with E-state index < -0.39 is 10.0 Å². The minimum atomic E-state index is -3.43. The quantitative estimate of drug-likeness (QED) is 0.822. The van der Waals surface area contributed by atoms with Gasteiger partial charge in [-0.3, -0.25) is 9.69 Å². The van der Waals surface area contributed by atoms with Gasteiger partial charge in [-0.25, -0.2) is 8.42 Å². The second kappa shape index (κ2) is 8.65. The summed E-state index contributed by atoms with van der Waals surface area (Å²) in [4.78, 5) is 14.5.